The molecular formula is C22H29NO. The Balaban J connectivity index is 1.69. The molecule has 0 heterocycles. The molecule has 0 amide bonds. The first kappa shape index (κ1) is 17.0. The molecule has 0 aliphatic heterocycles. The number of hydrogen-bond acceptors (Lipinski definition) is 2. The standard InChI is InChI=1S/C22H29NO/c1-24-19-11-7-10-18(16-19)20-12-5-6-13-21(20)22(23)15-14-17-8-3-2-4-9-17/h2-4,7-11,16,20-22H,5-6,12-15,23H2,1H3. The maximum atomic E-state index is 6.66. The lowest BCUT2D eigenvalue weighted by Crippen LogP contribution is -2.36. The van der Waals surface area contributed by atoms with Gasteiger partial charge in [0.25, 0.3) is 0 Å². The molecule has 2 heteroatoms. The van der Waals surface area contributed by atoms with Crippen LogP contribution in [0.5, 0.6) is 5.75 Å². The second-order valence-electron chi connectivity index (χ2n) is 7.02. The molecule has 2 N–H and O–H groups in total. The van der Waals surface area contributed by atoms with Crippen LogP contribution in [0.3, 0.4) is 0 Å². The van der Waals surface area contributed by atoms with Gasteiger partial charge < -0.3 is 10.5 Å². The van der Waals surface area contributed by atoms with Crippen LogP contribution < -0.4 is 10.5 Å². The number of hydrogen-bond donors (Lipinski definition) is 1. The van der Waals surface area contributed by atoms with E-state index < -0.39 is 0 Å². The average Bonchev–Trinajstić information content (AvgIpc) is 2.67. The number of benzene rings is 2. The monoisotopic (exact) mass is 323 g/mol. The summed E-state index contributed by atoms with van der Waals surface area (Å²) in [6.45, 7) is 0. The highest BCUT2D eigenvalue weighted by Gasteiger charge is 2.30. The lowest BCUT2D eigenvalue weighted by Gasteiger charge is -2.36. The van der Waals surface area contributed by atoms with Crippen LogP contribution in [0.25, 0.3) is 0 Å². The minimum absolute atomic E-state index is 0.265. The first-order valence-corrected chi connectivity index (χ1v) is 9.21. The summed E-state index contributed by atoms with van der Waals surface area (Å²) in [5.74, 6) is 2.10. The van der Waals surface area contributed by atoms with Gasteiger partial charge in [0.05, 0.1) is 7.11 Å². The predicted molar refractivity (Wildman–Crippen MR) is 100 cm³/mol. The zero-order valence-electron chi connectivity index (χ0n) is 14.7. The van der Waals surface area contributed by atoms with Crippen LogP contribution in [0.1, 0.15) is 49.1 Å². The summed E-state index contributed by atoms with van der Waals surface area (Å²) in [5, 5.41) is 0. The minimum Gasteiger partial charge on any atom is -0.497 e. The zero-order chi connectivity index (χ0) is 16.8. The third-order valence-electron chi connectivity index (χ3n) is 5.50. The van der Waals surface area contributed by atoms with E-state index in [4.69, 9.17) is 10.5 Å². The van der Waals surface area contributed by atoms with Crippen LogP contribution in [-0.4, -0.2) is 13.2 Å². The maximum absolute atomic E-state index is 6.66. The SMILES string of the molecule is COc1cccc(C2CCCCC2C(N)CCc2ccccc2)c1. The van der Waals surface area contributed by atoms with Crippen molar-refractivity contribution in [3.05, 3.63) is 65.7 Å². The van der Waals surface area contributed by atoms with Crippen molar-refractivity contribution in [3.8, 4) is 5.75 Å². The Hall–Kier alpha value is -1.80. The molecule has 3 unspecified atom stereocenters. The summed E-state index contributed by atoms with van der Waals surface area (Å²) in [7, 11) is 1.74. The van der Waals surface area contributed by atoms with Gasteiger partial charge in [-0.1, -0.05) is 55.3 Å². The number of rotatable bonds is 6. The van der Waals surface area contributed by atoms with Gasteiger partial charge in [0.15, 0.2) is 0 Å². The Morgan fingerprint density at radius 1 is 1.04 bits per heavy atom. The van der Waals surface area contributed by atoms with E-state index in [9.17, 15) is 0 Å². The molecule has 3 atom stereocenters. The minimum atomic E-state index is 0.265. The Bertz CT molecular complexity index is 625. The van der Waals surface area contributed by atoms with Crippen LogP contribution in [0, 0.1) is 5.92 Å². The highest BCUT2D eigenvalue weighted by molar-refractivity contribution is 5.31. The molecule has 0 saturated heterocycles. The van der Waals surface area contributed by atoms with Crippen molar-refractivity contribution in [2.75, 3.05) is 7.11 Å². The second-order valence-corrected chi connectivity index (χ2v) is 7.02. The molecule has 0 aromatic heterocycles. The fourth-order valence-electron chi connectivity index (χ4n) is 4.15. The Kier molecular flexibility index (Phi) is 5.92. The Morgan fingerprint density at radius 2 is 1.83 bits per heavy atom. The summed E-state index contributed by atoms with van der Waals surface area (Å²) < 4.78 is 5.42. The molecule has 1 aliphatic carbocycles. The number of nitrogens with two attached hydrogens (primary N) is 1. The fourth-order valence-corrected chi connectivity index (χ4v) is 4.15. The fraction of sp³-hybridized carbons (Fsp3) is 0.455. The third kappa shape index (κ3) is 4.18. The molecular weight excluding hydrogens is 294 g/mol. The summed E-state index contributed by atoms with van der Waals surface area (Å²) in [6.07, 6.45) is 7.25. The smallest absolute Gasteiger partial charge is 0.119 e. The van der Waals surface area contributed by atoms with Crippen LogP contribution in [0.15, 0.2) is 54.6 Å². The number of aryl methyl sites for hydroxylation is 1. The van der Waals surface area contributed by atoms with Gasteiger partial charge in [-0.3, -0.25) is 0 Å². The first-order chi connectivity index (χ1) is 11.8. The van der Waals surface area contributed by atoms with E-state index in [-0.39, 0.29) is 6.04 Å². The summed E-state index contributed by atoms with van der Waals surface area (Å²) in [4.78, 5) is 0. The van der Waals surface area contributed by atoms with E-state index >= 15 is 0 Å². The van der Waals surface area contributed by atoms with Crippen molar-refractivity contribution in [3.63, 3.8) is 0 Å². The molecule has 3 rings (SSSR count). The van der Waals surface area contributed by atoms with Crippen LogP contribution >= 0.6 is 0 Å². The molecule has 2 nitrogen and oxygen atoms in total. The lowest BCUT2D eigenvalue weighted by molar-refractivity contribution is 0.253. The molecule has 0 bridgehead atoms. The van der Waals surface area contributed by atoms with E-state index in [2.05, 4.69) is 48.5 Å². The molecule has 2 aromatic carbocycles. The van der Waals surface area contributed by atoms with Gasteiger partial charge in [0.2, 0.25) is 0 Å². The molecule has 24 heavy (non-hydrogen) atoms. The number of ether oxygens (including phenoxy) is 1. The third-order valence-corrected chi connectivity index (χ3v) is 5.50. The lowest BCUT2D eigenvalue weighted by atomic mass is 9.71. The first-order valence-electron chi connectivity index (χ1n) is 9.21. The van der Waals surface area contributed by atoms with Crippen molar-refractivity contribution in [1.82, 2.24) is 0 Å². The van der Waals surface area contributed by atoms with Crippen LogP contribution in [-0.2, 0) is 6.42 Å². The average molecular weight is 323 g/mol. The largest absolute Gasteiger partial charge is 0.497 e. The highest BCUT2D eigenvalue weighted by atomic mass is 16.5. The van der Waals surface area contributed by atoms with Gasteiger partial charge in [0.1, 0.15) is 5.75 Å². The van der Waals surface area contributed by atoms with Crippen LogP contribution in [0.2, 0.25) is 0 Å². The number of methoxy groups -OCH3 is 1. The Labute approximate surface area is 146 Å². The summed E-state index contributed by atoms with van der Waals surface area (Å²) in [6, 6.07) is 19.5. The van der Waals surface area contributed by atoms with Crippen molar-refractivity contribution in [2.24, 2.45) is 11.7 Å². The predicted octanol–water partition coefficient (Wildman–Crippen LogP) is 4.93. The molecule has 128 valence electrons. The second kappa shape index (κ2) is 8.34. The molecule has 1 fully saturated rings. The molecule has 1 saturated carbocycles. The maximum Gasteiger partial charge on any atom is 0.119 e. The molecule has 0 radical (unpaired) electrons. The van der Waals surface area contributed by atoms with Crippen LogP contribution in [0.4, 0.5) is 0 Å². The van der Waals surface area contributed by atoms with E-state index in [0.29, 0.717) is 11.8 Å². The van der Waals surface area contributed by atoms with Crippen molar-refractivity contribution >= 4 is 0 Å². The van der Waals surface area contributed by atoms with Crippen molar-refractivity contribution in [2.45, 2.75) is 50.5 Å². The molecule has 0 spiro atoms. The summed E-state index contributed by atoms with van der Waals surface area (Å²) in [5.41, 5.74) is 9.45. The molecule has 1 aliphatic rings. The van der Waals surface area contributed by atoms with Gasteiger partial charge in [-0.25, -0.2) is 0 Å². The van der Waals surface area contributed by atoms with E-state index in [0.717, 1.165) is 18.6 Å². The van der Waals surface area contributed by atoms with Gasteiger partial charge in [-0.2, -0.15) is 0 Å². The van der Waals surface area contributed by atoms with Crippen molar-refractivity contribution < 1.29 is 4.74 Å². The summed E-state index contributed by atoms with van der Waals surface area (Å²) >= 11 is 0. The highest BCUT2D eigenvalue weighted by Crippen LogP contribution is 2.40. The van der Waals surface area contributed by atoms with Gasteiger partial charge in [-0.15, -0.1) is 0 Å². The van der Waals surface area contributed by atoms with Crippen molar-refractivity contribution in [1.29, 1.82) is 0 Å². The van der Waals surface area contributed by atoms with E-state index in [1.54, 1.807) is 7.11 Å². The topological polar surface area (TPSA) is 35.2 Å². The van der Waals surface area contributed by atoms with Gasteiger partial charge in [-0.05, 0) is 60.8 Å². The van der Waals surface area contributed by atoms with Gasteiger partial charge in [0, 0.05) is 6.04 Å². The zero-order valence-corrected chi connectivity index (χ0v) is 14.7. The Morgan fingerprint density at radius 3 is 2.62 bits per heavy atom. The quantitative estimate of drug-likeness (QED) is 0.818. The molecule has 2 aromatic rings. The normalized spacial score (nSPS) is 22.1. The van der Waals surface area contributed by atoms with E-state index in [1.165, 1.54) is 36.8 Å². The van der Waals surface area contributed by atoms with Gasteiger partial charge >= 0.3 is 0 Å². The van der Waals surface area contributed by atoms with E-state index in [1.807, 2.05) is 6.07 Å².